The molecular formula is C12H22BrN3S. The highest BCUT2D eigenvalue weighted by molar-refractivity contribution is 9.10. The van der Waals surface area contributed by atoms with Crippen molar-refractivity contribution in [3.63, 3.8) is 0 Å². The topological polar surface area (TPSA) is 29.9 Å². The Kier molecular flexibility index (Phi) is 7.23. The number of hydrogen-bond acceptors (Lipinski definition) is 3. The zero-order chi connectivity index (χ0) is 12.7. The Hall–Kier alpha value is -0.000000000000000111. The summed E-state index contributed by atoms with van der Waals surface area (Å²) in [4.78, 5) is 0. The van der Waals surface area contributed by atoms with Crippen molar-refractivity contribution in [2.75, 3.05) is 18.6 Å². The summed E-state index contributed by atoms with van der Waals surface area (Å²) in [6.45, 7) is 7.18. The molecule has 0 aliphatic rings. The van der Waals surface area contributed by atoms with Crippen molar-refractivity contribution in [3.05, 3.63) is 15.9 Å². The number of aromatic nitrogens is 2. The number of hydrogen-bond donors (Lipinski definition) is 1. The van der Waals surface area contributed by atoms with Gasteiger partial charge in [-0.25, -0.2) is 0 Å². The number of thioether (sulfide) groups is 1. The summed E-state index contributed by atoms with van der Waals surface area (Å²) in [6, 6.07) is 0. The van der Waals surface area contributed by atoms with E-state index in [0.29, 0.717) is 0 Å². The summed E-state index contributed by atoms with van der Waals surface area (Å²) in [6.07, 6.45) is 4.35. The second-order valence-corrected chi connectivity index (χ2v) is 5.68. The van der Waals surface area contributed by atoms with Gasteiger partial charge in [-0.05, 0) is 54.2 Å². The molecular weight excluding hydrogens is 298 g/mol. The van der Waals surface area contributed by atoms with E-state index in [9.17, 15) is 0 Å². The van der Waals surface area contributed by atoms with E-state index in [-0.39, 0.29) is 0 Å². The first kappa shape index (κ1) is 15.1. The van der Waals surface area contributed by atoms with Crippen LogP contribution in [0, 0.1) is 0 Å². The molecule has 0 radical (unpaired) electrons. The number of rotatable bonds is 8. The van der Waals surface area contributed by atoms with E-state index in [1.807, 2.05) is 11.8 Å². The van der Waals surface area contributed by atoms with Crippen molar-refractivity contribution >= 4 is 27.7 Å². The first-order valence-electron chi connectivity index (χ1n) is 6.18. The molecule has 0 saturated carbocycles. The lowest BCUT2D eigenvalue weighted by Crippen LogP contribution is -2.18. The Morgan fingerprint density at radius 1 is 1.41 bits per heavy atom. The maximum absolute atomic E-state index is 4.59. The molecule has 3 nitrogen and oxygen atoms in total. The van der Waals surface area contributed by atoms with Crippen LogP contribution in [0.4, 0.5) is 0 Å². The van der Waals surface area contributed by atoms with E-state index in [1.165, 1.54) is 22.3 Å². The normalized spacial score (nSPS) is 11.1. The van der Waals surface area contributed by atoms with Crippen LogP contribution in [0.2, 0.25) is 0 Å². The van der Waals surface area contributed by atoms with Crippen molar-refractivity contribution < 1.29 is 0 Å². The van der Waals surface area contributed by atoms with Crippen molar-refractivity contribution in [2.24, 2.45) is 0 Å². The Morgan fingerprint density at radius 3 is 2.76 bits per heavy atom. The Balaban J connectivity index is 2.54. The maximum atomic E-state index is 4.59. The van der Waals surface area contributed by atoms with E-state index < -0.39 is 0 Å². The van der Waals surface area contributed by atoms with Gasteiger partial charge in [0.15, 0.2) is 0 Å². The van der Waals surface area contributed by atoms with Gasteiger partial charge in [0.1, 0.15) is 0 Å². The van der Waals surface area contributed by atoms with Crippen LogP contribution < -0.4 is 5.32 Å². The molecule has 0 aliphatic carbocycles. The van der Waals surface area contributed by atoms with Crippen molar-refractivity contribution in [1.82, 2.24) is 15.1 Å². The van der Waals surface area contributed by atoms with Crippen LogP contribution in [0.5, 0.6) is 0 Å². The molecule has 98 valence electrons. The molecule has 0 spiro atoms. The van der Waals surface area contributed by atoms with Gasteiger partial charge in [0, 0.05) is 13.1 Å². The first-order chi connectivity index (χ1) is 8.24. The maximum Gasteiger partial charge on any atom is 0.0767 e. The fraction of sp³-hybridized carbons (Fsp3) is 0.750. The van der Waals surface area contributed by atoms with E-state index in [1.54, 1.807) is 0 Å². The van der Waals surface area contributed by atoms with Gasteiger partial charge in [-0.3, -0.25) is 4.68 Å². The van der Waals surface area contributed by atoms with Crippen LogP contribution in [-0.2, 0) is 19.5 Å². The standard InChI is InChI=1S/C12H22BrN3S/c1-4-10-12(13)11(16(5-2)15-10)9-14-7-6-8-17-3/h14H,4-9H2,1-3H3. The molecule has 1 N–H and O–H groups in total. The van der Waals surface area contributed by atoms with E-state index in [2.05, 4.69) is 51.1 Å². The number of nitrogens with zero attached hydrogens (tertiary/aromatic N) is 2. The predicted molar refractivity (Wildman–Crippen MR) is 79.7 cm³/mol. The quantitative estimate of drug-likeness (QED) is 0.747. The van der Waals surface area contributed by atoms with Crippen molar-refractivity contribution in [1.29, 1.82) is 0 Å². The van der Waals surface area contributed by atoms with Crippen LogP contribution in [0.25, 0.3) is 0 Å². The van der Waals surface area contributed by atoms with Gasteiger partial charge in [0.25, 0.3) is 0 Å². The third kappa shape index (κ3) is 4.30. The Labute approximate surface area is 117 Å². The Morgan fingerprint density at radius 2 is 2.18 bits per heavy atom. The molecule has 5 heteroatoms. The van der Waals surface area contributed by atoms with Gasteiger partial charge < -0.3 is 5.32 Å². The lowest BCUT2D eigenvalue weighted by molar-refractivity contribution is 0.575. The minimum Gasteiger partial charge on any atom is -0.311 e. The molecule has 0 saturated heterocycles. The molecule has 0 fully saturated rings. The largest absolute Gasteiger partial charge is 0.311 e. The third-order valence-corrected chi connectivity index (χ3v) is 4.30. The van der Waals surface area contributed by atoms with Gasteiger partial charge in [-0.2, -0.15) is 16.9 Å². The molecule has 1 aromatic rings. The minimum atomic E-state index is 0.899. The van der Waals surface area contributed by atoms with Gasteiger partial charge in [0.2, 0.25) is 0 Å². The van der Waals surface area contributed by atoms with Crippen LogP contribution in [0.15, 0.2) is 4.47 Å². The van der Waals surface area contributed by atoms with Crippen LogP contribution in [-0.4, -0.2) is 28.3 Å². The average Bonchev–Trinajstić information content (AvgIpc) is 2.65. The molecule has 1 rings (SSSR count). The van der Waals surface area contributed by atoms with Gasteiger partial charge in [-0.1, -0.05) is 6.92 Å². The molecule has 0 bridgehead atoms. The van der Waals surface area contributed by atoms with Gasteiger partial charge in [-0.15, -0.1) is 0 Å². The second-order valence-electron chi connectivity index (χ2n) is 3.90. The average molecular weight is 320 g/mol. The van der Waals surface area contributed by atoms with E-state index >= 15 is 0 Å². The summed E-state index contributed by atoms with van der Waals surface area (Å²) in [5, 5.41) is 8.07. The molecule has 0 unspecified atom stereocenters. The van der Waals surface area contributed by atoms with E-state index in [4.69, 9.17) is 0 Å². The fourth-order valence-corrected chi connectivity index (χ4v) is 2.87. The van der Waals surface area contributed by atoms with Crippen molar-refractivity contribution in [2.45, 2.75) is 39.8 Å². The van der Waals surface area contributed by atoms with Crippen LogP contribution in [0.3, 0.4) is 0 Å². The summed E-state index contributed by atoms with van der Waals surface area (Å²) >= 11 is 5.56. The molecule has 1 aromatic heterocycles. The molecule has 0 aromatic carbocycles. The molecule has 0 amide bonds. The minimum absolute atomic E-state index is 0.899. The fourth-order valence-electron chi connectivity index (χ4n) is 1.73. The van der Waals surface area contributed by atoms with Crippen LogP contribution in [0.1, 0.15) is 31.7 Å². The molecule has 17 heavy (non-hydrogen) atoms. The lowest BCUT2D eigenvalue weighted by Gasteiger charge is -2.07. The zero-order valence-electron chi connectivity index (χ0n) is 10.9. The SMILES string of the molecule is CCc1nn(CC)c(CNCCCSC)c1Br. The molecule has 1 heterocycles. The number of nitrogens with one attached hydrogen (secondary N) is 1. The first-order valence-corrected chi connectivity index (χ1v) is 8.36. The van der Waals surface area contributed by atoms with Crippen LogP contribution >= 0.6 is 27.7 Å². The summed E-state index contributed by atoms with van der Waals surface area (Å²) in [7, 11) is 0. The zero-order valence-corrected chi connectivity index (χ0v) is 13.3. The number of halogens is 1. The highest BCUT2D eigenvalue weighted by Crippen LogP contribution is 2.22. The lowest BCUT2D eigenvalue weighted by atomic mass is 10.3. The Bertz CT molecular complexity index is 339. The highest BCUT2D eigenvalue weighted by Gasteiger charge is 2.12. The van der Waals surface area contributed by atoms with Crippen molar-refractivity contribution in [3.8, 4) is 0 Å². The smallest absolute Gasteiger partial charge is 0.0767 e. The monoisotopic (exact) mass is 319 g/mol. The number of aryl methyl sites for hydroxylation is 2. The molecule has 0 atom stereocenters. The summed E-state index contributed by atoms with van der Waals surface area (Å²) in [5.74, 6) is 1.22. The van der Waals surface area contributed by atoms with E-state index in [0.717, 1.165) is 31.7 Å². The molecule has 0 aliphatic heterocycles. The second kappa shape index (κ2) is 8.16. The predicted octanol–water partition coefficient (Wildman–Crippen LogP) is 3.07. The van der Waals surface area contributed by atoms with Gasteiger partial charge >= 0.3 is 0 Å². The summed E-state index contributed by atoms with van der Waals surface area (Å²) < 4.78 is 3.27. The third-order valence-electron chi connectivity index (χ3n) is 2.69. The summed E-state index contributed by atoms with van der Waals surface area (Å²) in [5.41, 5.74) is 2.43. The van der Waals surface area contributed by atoms with Gasteiger partial charge in [0.05, 0.1) is 15.9 Å². The highest BCUT2D eigenvalue weighted by atomic mass is 79.9.